The van der Waals surface area contributed by atoms with Crippen molar-refractivity contribution in [1.82, 2.24) is 19.4 Å². The molecule has 0 aliphatic carbocycles. The summed E-state index contributed by atoms with van der Waals surface area (Å²) in [4.78, 5) is 37.5. The Labute approximate surface area is 193 Å². The van der Waals surface area contributed by atoms with Crippen LogP contribution in [0.2, 0.25) is 0 Å². The Morgan fingerprint density at radius 3 is 2.29 bits per heavy atom. The van der Waals surface area contributed by atoms with Gasteiger partial charge in [-0.3, -0.25) is 10.1 Å². The van der Waals surface area contributed by atoms with E-state index in [0.717, 1.165) is 30.1 Å². The van der Waals surface area contributed by atoms with Crippen LogP contribution in [-0.2, 0) is 13.2 Å². The van der Waals surface area contributed by atoms with Crippen molar-refractivity contribution in [2.24, 2.45) is 7.05 Å². The lowest BCUT2D eigenvalue weighted by atomic mass is 10.2. The van der Waals surface area contributed by atoms with Crippen molar-refractivity contribution in [1.29, 1.82) is 0 Å². The summed E-state index contributed by atoms with van der Waals surface area (Å²) >= 11 is 0. The standard InChI is InChI=1S/C22H22F3N7O2/c1-30-14-17(29-21(34)27-16-7-5-15(6-8-16)22(23,24)25)28-19(30)20(33)32-12-10-31(11-13-32)18-4-2-3-9-26-18/h2-9,14H,10-13H2,1H3,(H2,27,29,34). The van der Waals surface area contributed by atoms with Crippen LogP contribution < -0.4 is 15.5 Å². The number of carbonyl (C=O) groups excluding carboxylic acids is 2. The Morgan fingerprint density at radius 1 is 0.971 bits per heavy atom. The molecule has 2 aromatic heterocycles. The third kappa shape index (κ3) is 5.27. The summed E-state index contributed by atoms with van der Waals surface area (Å²) in [5, 5.41) is 4.93. The molecule has 1 fully saturated rings. The average molecular weight is 473 g/mol. The molecule has 1 aromatic carbocycles. The van der Waals surface area contributed by atoms with Gasteiger partial charge >= 0.3 is 12.2 Å². The van der Waals surface area contributed by atoms with Gasteiger partial charge in [0.2, 0.25) is 5.82 Å². The zero-order chi connectivity index (χ0) is 24.3. The molecule has 3 aromatic rings. The van der Waals surface area contributed by atoms with Gasteiger partial charge < -0.3 is 19.7 Å². The molecule has 3 amide bonds. The number of hydrogen-bond acceptors (Lipinski definition) is 5. The zero-order valence-electron chi connectivity index (χ0n) is 18.2. The summed E-state index contributed by atoms with van der Waals surface area (Å²) in [6, 6.07) is 9.04. The Kier molecular flexibility index (Phi) is 6.39. The molecular formula is C22H22F3N7O2. The number of anilines is 3. The molecule has 9 nitrogen and oxygen atoms in total. The third-order valence-electron chi connectivity index (χ3n) is 5.32. The minimum Gasteiger partial charge on any atom is -0.353 e. The molecule has 34 heavy (non-hydrogen) atoms. The number of hydrogen-bond donors (Lipinski definition) is 2. The predicted molar refractivity (Wildman–Crippen MR) is 120 cm³/mol. The number of carbonyl (C=O) groups is 2. The van der Waals surface area contributed by atoms with Crippen molar-refractivity contribution >= 4 is 29.3 Å². The molecule has 1 aliphatic heterocycles. The highest BCUT2D eigenvalue weighted by molar-refractivity contribution is 5.99. The number of aromatic nitrogens is 3. The van der Waals surface area contributed by atoms with Crippen molar-refractivity contribution in [3.63, 3.8) is 0 Å². The molecule has 4 rings (SSSR count). The second-order valence-electron chi connectivity index (χ2n) is 7.68. The van der Waals surface area contributed by atoms with E-state index in [4.69, 9.17) is 0 Å². The molecule has 12 heteroatoms. The van der Waals surface area contributed by atoms with E-state index in [1.807, 2.05) is 18.2 Å². The highest BCUT2D eigenvalue weighted by Gasteiger charge is 2.30. The monoisotopic (exact) mass is 473 g/mol. The van der Waals surface area contributed by atoms with Gasteiger partial charge in [-0.2, -0.15) is 13.2 Å². The zero-order valence-corrected chi connectivity index (χ0v) is 18.2. The summed E-state index contributed by atoms with van der Waals surface area (Å²) < 4.78 is 39.5. The Hall–Kier alpha value is -4.09. The first-order valence-corrected chi connectivity index (χ1v) is 10.4. The second kappa shape index (κ2) is 9.41. The number of urea groups is 1. The van der Waals surface area contributed by atoms with Crippen molar-refractivity contribution in [3.05, 3.63) is 66.2 Å². The maximum atomic E-state index is 13.0. The fourth-order valence-electron chi connectivity index (χ4n) is 3.57. The van der Waals surface area contributed by atoms with Crippen LogP contribution in [0.3, 0.4) is 0 Å². The largest absolute Gasteiger partial charge is 0.416 e. The predicted octanol–water partition coefficient (Wildman–Crippen LogP) is 3.44. The molecule has 178 valence electrons. The first kappa shape index (κ1) is 23.1. The molecule has 0 spiro atoms. The number of aryl methyl sites for hydroxylation is 1. The Balaban J connectivity index is 1.34. The molecule has 0 saturated carbocycles. The highest BCUT2D eigenvalue weighted by Crippen LogP contribution is 2.29. The number of amides is 3. The summed E-state index contributed by atoms with van der Waals surface area (Å²) in [7, 11) is 1.64. The average Bonchev–Trinajstić information content (AvgIpc) is 3.18. The molecule has 1 aliphatic rings. The normalized spacial score (nSPS) is 14.1. The van der Waals surface area contributed by atoms with Gasteiger partial charge in [0.1, 0.15) is 5.82 Å². The third-order valence-corrected chi connectivity index (χ3v) is 5.32. The van der Waals surface area contributed by atoms with E-state index < -0.39 is 17.8 Å². The SMILES string of the molecule is Cn1cc(NC(=O)Nc2ccc(C(F)(F)F)cc2)nc1C(=O)N1CCN(c2ccccn2)CC1. The summed E-state index contributed by atoms with van der Waals surface area (Å²) in [6.07, 6.45) is -1.24. The number of halogens is 3. The van der Waals surface area contributed by atoms with Crippen LogP contribution in [-0.4, -0.2) is 57.6 Å². The van der Waals surface area contributed by atoms with E-state index in [0.29, 0.717) is 26.2 Å². The van der Waals surface area contributed by atoms with Crippen LogP contribution in [0, 0.1) is 0 Å². The second-order valence-corrected chi connectivity index (χ2v) is 7.68. The maximum absolute atomic E-state index is 13.0. The first-order chi connectivity index (χ1) is 16.2. The van der Waals surface area contributed by atoms with E-state index in [1.165, 1.54) is 10.8 Å². The Morgan fingerprint density at radius 2 is 1.68 bits per heavy atom. The van der Waals surface area contributed by atoms with Crippen molar-refractivity contribution in [2.75, 3.05) is 41.7 Å². The van der Waals surface area contributed by atoms with E-state index in [1.54, 1.807) is 18.1 Å². The molecular weight excluding hydrogens is 451 g/mol. The molecule has 1 saturated heterocycles. The minimum absolute atomic E-state index is 0.141. The number of benzene rings is 1. The van der Waals surface area contributed by atoms with Gasteiger partial charge in [-0.25, -0.2) is 14.8 Å². The molecule has 0 radical (unpaired) electrons. The van der Waals surface area contributed by atoms with Crippen LogP contribution in [0.5, 0.6) is 0 Å². The van der Waals surface area contributed by atoms with Gasteiger partial charge in [0.05, 0.1) is 5.56 Å². The van der Waals surface area contributed by atoms with Gasteiger partial charge in [0.15, 0.2) is 5.82 Å². The summed E-state index contributed by atoms with van der Waals surface area (Å²) in [6.45, 7) is 2.26. The lowest BCUT2D eigenvalue weighted by molar-refractivity contribution is -0.137. The van der Waals surface area contributed by atoms with Crippen LogP contribution in [0.1, 0.15) is 16.2 Å². The summed E-state index contributed by atoms with van der Waals surface area (Å²) in [5.41, 5.74) is -0.629. The van der Waals surface area contributed by atoms with Gasteiger partial charge in [0, 0.05) is 51.3 Å². The fraction of sp³-hybridized carbons (Fsp3) is 0.273. The first-order valence-electron chi connectivity index (χ1n) is 10.4. The van der Waals surface area contributed by atoms with Crippen LogP contribution in [0.15, 0.2) is 54.9 Å². The number of rotatable bonds is 4. The number of pyridine rings is 1. The highest BCUT2D eigenvalue weighted by atomic mass is 19.4. The van der Waals surface area contributed by atoms with E-state index in [-0.39, 0.29) is 23.2 Å². The molecule has 0 atom stereocenters. The van der Waals surface area contributed by atoms with Crippen molar-refractivity contribution in [2.45, 2.75) is 6.18 Å². The smallest absolute Gasteiger partial charge is 0.353 e. The van der Waals surface area contributed by atoms with Gasteiger partial charge in [-0.05, 0) is 36.4 Å². The minimum atomic E-state index is -4.46. The number of piperazine rings is 1. The van der Waals surface area contributed by atoms with Crippen molar-refractivity contribution in [3.8, 4) is 0 Å². The number of nitrogens with one attached hydrogen (secondary N) is 2. The van der Waals surface area contributed by atoms with E-state index >= 15 is 0 Å². The Bertz CT molecular complexity index is 1160. The van der Waals surface area contributed by atoms with E-state index in [2.05, 4.69) is 25.5 Å². The fourth-order valence-corrected chi connectivity index (χ4v) is 3.57. The lowest BCUT2D eigenvalue weighted by Gasteiger charge is -2.35. The number of alkyl halides is 3. The lowest BCUT2D eigenvalue weighted by Crippen LogP contribution is -2.49. The van der Waals surface area contributed by atoms with Crippen LogP contribution >= 0.6 is 0 Å². The summed E-state index contributed by atoms with van der Waals surface area (Å²) in [5.74, 6) is 0.898. The van der Waals surface area contributed by atoms with Crippen LogP contribution in [0.4, 0.5) is 35.3 Å². The number of imidazole rings is 1. The van der Waals surface area contributed by atoms with Gasteiger partial charge in [-0.15, -0.1) is 0 Å². The quantitative estimate of drug-likeness (QED) is 0.605. The molecule has 0 unspecified atom stereocenters. The number of nitrogens with zero attached hydrogens (tertiary/aromatic N) is 5. The van der Waals surface area contributed by atoms with Gasteiger partial charge in [0.25, 0.3) is 5.91 Å². The topological polar surface area (TPSA) is 95.4 Å². The maximum Gasteiger partial charge on any atom is 0.416 e. The van der Waals surface area contributed by atoms with Gasteiger partial charge in [-0.1, -0.05) is 6.07 Å². The molecule has 3 heterocycles. The molecule has 0 bridgehead atoms. The van der Waals surface area contributed by atoms with E-state index in [9.17, 15) is 22.8 Å². The van der Waals surface area contributed by atoms with Crippen LogP contribution in [0.25, 0.3) is 0 Å². The van der Waals surface area contributed by atoms with Crippen molar-refractivity contribution < 1.29 is 22.8 Å². The molecule has 2 N–H and O–H groups in total.